The number of carbonyl (C=O) groups is 1. The summed E-state index contributed by atoms with van der Waals surface area (Å²) >= 11 is 0. The van der Waals surface area contributed by atoms with Crippen molar-refractivity contribution in [2.24, 2.45) is 0 Å². The minimum atomic E-state index is -0.435. The smallest absolute Gasteiger partial charge is 0.338 e. The van der Waals surface area contributed by atoms with E-state index < -0.39 is 5.63 Å². The first-order chi connectivity index (χ1) is 12.5. The third-order valence-electron chi connectivity index (χ3n) is 4.81. The Labute approximate surface area is 150 Å². The Morgan fingerprint density at radius 3 is 2.62 bits per heavy atom. The molecule has 0 radical (unpaired) electrons. The van der Waals surface area contributed by atoms with Gasteiger partial charge in [0.05, 0.1) is 6.54 Å². The molecule has 3 heterocycles. The van der Waals surface area contributed by atoms with E-state index in [1.165, 1.54) is 6.07 Å². The molecular weight excluding hydrogens is 330 g/mol. The van der Waals surface area contributed by atoms with Gasteiger partial charge in [-0.05, 0) is 30.2 Å². The highest BCUT2D eigenvalue weighted by molar-refractivity contribution is 5.93. The minimum Gasteiger partial charge on any atom is -0.404 e. The number of piperazine rings is 1. The van der Waals surface area contributed by atoms with E-state index in [2.05, 4.69) is 4.98 Å². The number of pyridine rings is 1. The second-order valence-corrected chi connectivity index (χ2v) is 6.55. The standard InChI is InChI=1S/C20H19N3O3/c1-13-5-3-4-6-14(13)16-11-19(25)26-20-15(16)7-8-17(21-20)23-10-9-22(2)18(24)12-23/h3-8,11H,9-10,12H2,1-2H3. The molecule has 1 saturated heterocycles. The Hall–Kier alpha value is -3.15. The third kappa shape index (κ3) is 2.83. The van der Waals surface area contributed by atoms with Crippen LogP contribution < -0.4 is 10.5 Å². The van der Waals surface area contributed by atoms with E-state index in [1.54, 1.807) is 11.9 Å². The van der Waals surface area contributed by atoms with Crippen molar-refractivity contribution in [2.75, 3.05) is 31.6 Å². The van der Waals surface area contributed by atoms with Crippen LogP contribution in [-0.2, 0) is 4.79 Å². The summed E-state index contributed by atoms with van der Waals surface area (Å²) in [7, 11) is 1.79. The van der Waals surface area contributed by atoms with E-state index in [9.17, 15) is 9.59 Å². The summed E-state index contributed by atoms with van der Waals surface area (Å²) in [5.41, 5.74) is 2.72. The molecule has 3 aromatic rings. The summed E-state index contributed by atoms with van der Waals surface area (Å²) in [6.45, 7) is 3.62. The summed E-state index contributed by atoms with van der Waals surface area (Å²) in [5, 5.41) is 0.781. The number of hydrogen-bond donors (Lipinski definition) is 0. The Kier molecular flexibility index (Phi) is 3.95. The predicted octanol–water partition coefficient (Wildman–Crippen LogP) is 2.44. The van der Waals surface area contributed by atoms with Crippen molar-refractivity contribution in [3.63, 3.8) is 0 Å². The van der Waals surface area contributed by atoms with Crippen molar-refractivity contribution in [1.82, 2.24) is 9.88 Å². The van der Waals surface area contributed by atoms with Gasteiger partial charge in [0.25, 0.3) is 0 Å². The molecule has 1 amide bonds. The molecule has 0 unspecified atom stereocenters. The van der Waals surface area contributed by atoms with Gasteiger partial charge < -0.3 is 14.2 Å². The summed E-state index contributed by atoms with van der Waals surface area (Å²) in [5.74, 6) is 0.692. The lowest BCUT2D eigenvalue weighted by molar-refractivity contribution is -0.129. The van der Waals surface area contributed by atoms with Crippen LogP contribution in [0, 0.1) is 6.92 Å². The van der Waals surface area contributed by atoms with Crippen LogP contribution >= 0.6 is 0 Å². The Morgan fingerprint density at radius 1 is 1.04 bits per heavy atom. The minimum absolute atomic E-state index is 0.0493. The molecule has 1 fully saturated rings. The lowest BCUT2D eigenvalue weighted by Crippen LogP contribution is -2.48. The molecule has 1 aliphatic heterocycles. The fraction of sp³-hybridized carbons (Fsp3) is 0.250. The third-order valence-corrected chi connectivity index (χ3v) is 4.81. The molecular formula is C20H19N3O3. The first-order valence-corrected chi connectivity index (χ1v) is 8.53. The number of nitrogens with zero attached hydrogens (tertiary/aromatic N) is 3. The van der Waals surface area contributed by atoms with E-state index in [1.807, 2.05) is 48.2 Å². The lowest BCUT2D eigenvalue weighted by Gasteiger charge is -2.32. The quantitative estimate of drug-likeness (QED) is 0.711. The van der Waals surface area contributed by atoms with E-state index in [4.69, 9.17) is 4.42 Å². The number of carbonyl (C=O) groups excluding carboxylic acids is 1. The zero-order valence-electron chi connectivity index (χ0n) is 14.7. The van der Waals surface area contributed by atoms with E-state index in [-0.39, 0.29) is 12.5 Å². The second kappa shape index (κ2) is 6.29. The zero-order chi connectivity index (χ0) is 18.3. The maximum atomic E-state index is 12.1. The number of aromatic nitrogens is 1. The molecule has 4 rings (SSSR count). The maximum absolute atomic E-state index is 12.1. The molecule has 1 aliphatic rings. The van der Waals surface area contributed by atoms with Crippen LogP contribution in [0.4, 0.5) is 5.82 Å². The van der Waals surface area contributed by atoms with Gasteiger partial charge in [0.1, 0.15) is 5.82 Å². The molecule has 2 aromatic heterocycles. The molecule has 6 nitrogen and oxygen atoms in total. The Balaban J connectivity index is 1.82. The highest BCUT2D eigenvalue weighted by Gasteiger charge is 2.22. The molecule has 1 aromatic carbocycles. The largest absolute Gasteiger partial charge is 0.404 e. The van der Waals surface area contributed by atoms with Crippen molar-refractivity contribution in [1.29, 1.82) is 0 Å². The average molecular weight is 349 g/mol. The van der Waals surface area contributed by atoms with Gasteiger partial charge >= 0.3 is 5.63 Å². The van der Waals surface area contributed by atoms with Crippen LogP contribution in [0.15, 0.2) is 51.7 Å². The maximum Gasteiger partial charge on any atom is 0.338 e. The topological polar surface area (TPSA) is 66.7 Å². The molecule has 0 atom stereocenters. The summed E-state index contributed by atoms with van der Waals surface area (Å²) in [6.07, 6.45) is 0. The van der Waals surface area contributed by atoms with Crippen LogP contribution in [0.25, 0.3) is 22.2 Å². The molecule has 0 N–H and O–H groups in total. The van der Waals surface area contributed by atoms with Crippen LogP contribution in [0.3, 0.4) is 0 Å². The van der Waals surface area contributed by atoms with Crippen molar-refractivity contribution in [3.05, 3.63) is 58.4 Å². The van der Waals surface area contributed by atoms with Gasteiger partial charge in [0.2, 0.25) is 11.6 Å². The van der Waals surface area contributed by atoms with E-state index in [0.29, 0.717) is 24.6 Å². The Bertz CT molecular complexity index is 1060. The predicted molar refractivity (Wildman–Crippen MR) is 100 cm³/mol. The number of hydrogen-bond acceptors (Lipinski definition) is 5. The van der Waals surface area contributed by atoms with Crippen LogP contribution in [0.1, 0.15) is 5.56 Å². The van der Waals surface area contributed by atoms with E-state index in [0.717, 1.165) is 22.1 Å². The summed E-state index contributed by atoms with van der Waals surface area (Å²) < 4.78 is 5.35. The summed E-state index contributed by atoms with van der Waals surface area (Å²) in [4.78, 5) is 32.2. The summed E-state index contributed by atoms with van der Waals surface area (Å²) in [6, 6.07) is 13.2. The first kappa shape index (κ1) is 16.3. The lowest BCUT2D eigenvalue weighted by atomic mass is 9.99. The van der Waals surface area contributed by atoms with Gasteiger partial charge in [0.15, 0.2) is 0 Å². The van der Waals surface area contributed by atoms with Gasteiger partial charge in [-0.3, -0.25) is 4.79 Å². The molecule has 132 valence electrons. The second-order valence-electron chi connectivity index (χ2n) is 6.55. The van der Waals surface area contributed by atoms with Crippen molar-refractivity contribution in [2.45, 2.75) is 6.92 Å². The van der Waals surface area contributed by atoms with Gasteiger partial charge in [-0.2, -0.15) is 4.98 Å². The number of amides is 1. The average Bonchev–Trinajstić information content (AvgIpc) is 2.63. The molecule has 0 spiro atoms. The number of benzene rings is 1. The number of anilines is 1. The van der Waals surface area contributed by atoms with E-state index >= 15 is 0 Å². The molecule has 26 heavy (non-hydrogen) atoms. The van der Waals surface area contributed by atoms with Crippen LogP contribution in [-0.4, -0.2) is 42.5 Å². The molecule has 6 heteroatoms. The molecule has 0 aliphatic carbocycles. The number of aryl methyl sites for hydroxylation is 1. The van der Waals surface area contributed by atoms with Gasteiger partial charge in [-0.25, -0.2) is 4.79 Å². The van der Waals surface area contributed by atoms with Gasteiger partial charge in [-0.15, -0.1) is 0 Å². The van der Waals surface area contributed by atoms with Crippen LogP contribution in [0.2, 0.25) is 0 Å². The highest BCUT2D eigenvalue weighted by atomic mass is 16.4. The SMILES string of the molecule is Cc1ccccc1-c1cc(=O)oc2nc(N3CCN(C)C(=O)C3)ccc12. The normalized spacial score (nSPS) is 14.9. The Morgan fingerprint density at radius 2 is 1.85 bits per heavy atom. The molecule has 0 saturated carbocycles. The first-order valence-electron chi connectivity index (χ1n) is 8.53. The van der Waals surface area contributed by atoms with Crippen molar-refractivity contribution in [3.8, 4) is 11.1 Å². The number of likely N-dealkylation sites (N-methyl/N-ethyl adjacent to an activating group) is 1. The van der Waals surface area contributed by atoms with Crippen molar-refractivity contribution >= 4 is 22.8 Å². The van der Waals surface area contributed by atoms with Gasteiger partial charge in [0, 0.05) is 37.2 Å². The van der Waals surface area contributed by atoms with Crippen molar-refractivity contribution < 1.29 is 9.21 Å². The number of fused-ring (bicyclic) bond motifs is 1. The monoisotopic (exact) mass is 349 g/mol. The van der Waals surface area contributed by atoms with Gasteiger partial charge in [-0.1, -0.05) is 24.3 Å². The highest BCUT2D eigenvalue weighted by Crippen LogP contribution is 2.30. The number of rotatable bonds is 2. The molecule has 0 bridgehead atoms. The fourth-order valence-electron chi connectivity index (χ4n) is 3.26. The zero-order valence-corrected chi connectivity index (χ0v) is 14.7. The fourth-order valence-corrected chi connectivity index (χ4v) is 3.26. The van der Waals surface area contributed by atoms with Crippen LogP contribution in [0.5, 0.6) is 0 Å².